The maximum Gasteiger partial charge on any atom is 0.229 e. The van der Waals surface area contributed by atoms with Crippen molar-refractivity contribution < 1.29 is 9.63 Å². The number of aliphatic hydroxyl groups excluding tert-OH is 1. The van der Waals surface area contributed by atoms with Gasteiger partial charge in [0.1, 0.15) is 0 Å². The molecule has 0 saturated carbocycles. The number of rotatable bonds is 5. The Hall–Kier alpha value is -0.940. The van der Waals surface area contributed by atoms with E-state index >= 15 is 0 Å². The highest BCUT2D eigenvalue weighted by Gasteiger charge is 2.25. The lowest BCUT2D eigenvalue weighted by Gasteiger charge is -2.19. The van der Waals surface area contributed by atoms with Gasteiger partial charge in [-0.05, 0) is 39.7 Å². The maximum atomic E-state index is 9.26. The summed E-state index contributed by atoms with van der Waals surface area (Å²) in [5.74, 6) is 1.95. The van der Waals surface area contributed by atoms with Gasteiger partial charge >= 0.3 is 0 Å². The van der Waals surface area contributed by atoms with Crippen LogP contribution < -0.4 is 0 Å². The van der Waals surface area contributed by atoms with Crippen molar-refractivity contribution in [2.24, 2.45) is 5.92 Å². The van der Waals surface area contributed by atoms with E-state index in [0.29, 0.717) is 24.3 Å². The van der Waals surface area contributed by atoms with E-state index in [2.05, 4.69) is 28.9 Å². The third kappa shape index (κ3) is 3.53. The summed E-state index contributed by atoms with van der Waals surface area (Å²) < 4.78 is 5.13. The van der Waals surface area contributed by atoms with Crippen LogP contribution in [0, 0.1) is 5.92 Å². The molecule has 0 aromatic carbocycles. The van der Waals surface area contributed by atoms with E-state index < -0.39 is 6.10 Å². The van der Waals surface area contributed by atoms with Gasteiger partial charge in [-0.1, -0.05) is 5.16 Å². The summed E-state index contributed by atoms with van der Waals surface area (Å²) in [5, 5.41) is 13.2. The van der Waals surface area contributed by atoms with Gasteiger partial charge in [0, 0.05) is 19.0 Å². The molecule has 0 radical (unpaired) electrons. The minimum Gasteiger partial charge on any atom is -0.393 e. The molecule has 5 heteroatoms. The molecule has 0 spiro atoms. The number of aromatic nitrogens is 2. The number of hydrogen-bond donors (Lipinski definition) is 1. The smallest absolute Gasteiger partial charge is 0.229 e. The fraction of sp³-hybridized carbons (Fsp3) is 0.846. The summed E-state index contributed by atoms with van der Waals surface area (Å²) in [6.07, 6.45) is 2.10. The van der Waals surface area contributed by atoms with Crippen molar-refractivity contribution in [3.05, 3.63) is 11.7 Å². The molecule has 2 atom stereocenters. The average Bonchev–Trinajstić information content (AvgIpc) is 2.88. The van der Waals surface area contributed by atoms with Crippen LogP contribution in [0.25, 0.3) is 0 Å². The Morgan fingerprint density at radius 1 is 1.44 bits per heavy atom. The predicted octanol–water partition coefficient (Wildman–Crippen LogP) is 1.27. The zero-order valence-electron chi connectivity index (χ0n) is 11.5. The van der Waals surface area contributed by atoms with Crippen LogP contribution in [0.5, 0.6) is 0 Å². The summed E-state index contributed by atoms with van der Waals surface area (Å²) in [4.78, 5) is 6.82. The molecule has 0 aliphatic carbocycles. The molecule has 1 aliphatic heterocycles. The molecule has 1 aliphatic rings. The second kappa shape index (κ2) is 5.80. The Kier molecular flexibility index (Phi) is 4.35. The second-order valence-corrected chi connectivity index (χ2v) is 5.60. The molecule has 2 rings (SSSR count). The standard InChI is InChI=1S/C13H23N3O2/c1-9(2)16-5-4-11(8-16)7-12-14-13(18-15-12)6-10(3)17/h9-11,17H,4-8H2,1-3H3. The highest BCUT2D eigenvalue weighted by atomic mass is 16.5. The van der Waals surface area contributed by atoms with Crippen LogP contribution in [0.15, 0.2) is 4.52 Å². The van der Waals surface area contributed by atoms with Crippen LogP contribution in [0.3, 0.4) is 0 Å². The van der Waals surface area contributed by atoms with Gasteiger partial charge in [0.2, 0.25) is 5.89 Å². The SMILES string of the molecule is CC(O)Cc1nc(CC2CCN(C(C)C)C2)no1. The molecule has 2 heterocycles. The summed E-state index contributed by atoms with van der Waals surface area (Å²) in [6.45, 7) is 8.48. The Bertz CT molecular complexity index is 376. The molecule has 1 aromatic rings. The molecule has 5 nitrogen and oxygen atoms in total. The normalized spacial score (nSPS) is 22.8. The molecule has 1 N–H and O–H groups in total. The van der Waals surface area contributed by atoms with Gasteiger partial charge in [0.15, 0.2) is 5.82 Å². The van der Waals surface area contributed by atoms with Crippen LogP contribution >= 0.6 is 0 Å². The second-order valence-electron chi connectivity index (χ2n) is 5.60. The quantitative estimate of drug-likeness (QED) is 0.856. The summed E-state index contributed by atoms with van der Waals surface area (Å²) in [6, 6.07) is 0.617. The van der Waals surface area contributed by atoms with Crippen molar-refractivity contribution >= 4 is 0 Å². The van der Waals surface area contributed by atoms with E-state index in [4.69, 9.17) is 4.52 Å². The summed E-state index contributed by atoms with van der Waals surface area (Å²) in [5.41, 5.74) is 0. The number of nitrogens with zero attached hydrogens (tertiary/aromatic N) is 3. The highest BCUT2D eigenvalue weighted by molar-refractivity contribution is 4.92. The van der Waals surface area contributed by atoms with Crippen LogP contribution in [-0.4, -0.2) is 45.4 Å². The lowest BCUT2D eigenvalue weighted by Crippen LogP contribution is -2.28. The van der Waals surface area contributed by atoms with E-state index in [-0.39, 0.29) is 0 Å². The summed E-state index contributed by atoms with van der Waals surface area (Å²) >= 11 is 0. The first-order chi connectivity index (χ1) is 8.54. The monoisotopic (exact) mass is 253 g/mol. The lowest BCUT2D eigenvalue weighted by molar-refractivity contribution is 0.181. The highest BCUT2D eigenvalue weighted by Crippen LogP contribution is 2.21. The van der Waals surface area contributed by atoms with Crippen LogP contribution in [0.2, 0.25) is 0 Å². The van der Waals surface area contributed by atoms with Crippen molar-refractivity contribution in [1.82, 2.24) is 15.0 Å². The Balaban J connectivity index is 1.85. The summed E-state index contributed by atoms with van der Waals surface area (Å²) in [7, 11) is 0. The third-order valence-electron chi connectivity index (χ3n) is 3.50. The largest absolute Gasteiger partial charge is 0.393 e. The Morgan fingerprint density at radius 2 is 2.22 bits per heavy atom. The fourth-order valence-electron chi connectivity index (χ4n) is 2.47. The molecular formula is C13H23N3O2. The maximum absolute atomic E-state index is 9.26. The van der Waals surface area contributed by atoms with Crippen molar-refractivity contribution in [3.8, 4) is 0 Å². The van der Waals surface area contributed by atoms with Crippen molar-refractivity contribution in [2.75, 3.05) is 13.1 Å². The minimum absolute atomic E-state index is 0.429. The van der Waals surface area contributed by atoms with Gasteiger partial charge < -0.3 is 14.5 Å². The third-order valence-corrected chi connectivity index (χ3v) is 3.50. The molecule has 1 fully saturated rings. The van der Waals surface area contributed by atoms with E-state index in [0.717, 1.165) is 18.8 Å². The minimum atomic E-state index is -0.429. The zero-order chi connectivity index (χ0) is 13.1. The van der Waals surface area contributed by atoms with E-state index in [1.807, 2.05) is 0 Å². The molecule has 0 amide bonds. The van der Waals surface area contributed by atoms with Gasteiger partial charge in [-0.15, -0.1) is 0 Å². The van der Waals surface area contributed by atoms with E-state index in [9.17, 15) is 5.11 Å². The molecule has 102 valence electrons. The van der Waals surface area contributed by atoms with Gasteiger partial charge in [-0.2, -0.15) is 4.98 Å². The molecular weight excluding hydrogens is 230 g/mol. The predicted molar refractivity (Wildman–Crippen MR) is 68.2 cm³/mol. The topological polar surface area (TPSA) is 62.4 Å². The van der Waals surface area contributed by atoms with Crippen molar-refractivity contribution in [1.29, 1.82) is 0 Å². The lowest BCUT2D eigenvalue weighted by atomic mass is 10.0. The van der Waals surface area contributed by atoms with Gasteiger partial charge in [-0.3, -0.25) is 0 Å². The average molecular weight is 253 g/mol. The van der Waals surface area contributed by atoms with Crippen LogP contribution in [0.1, 0.15) is 38.9 Å². The molecule has 18 heavy (non-hydrogen) atoms. The van der Waals surface area contributed by atoms with E-state index in [1.165, 1.54) is 13.0 Å². The molecule has 2 unspecified atom stereocenters. The Morgan fingerprint density at radius 3 is 2.83 bits per heavy atom. The van der Waals surface area contributed by atoms with Crippen LogP contribution in [0.4, 0.5) is 0 Å². The fourth-order valence-corrected chi connectivity index (χ4v) is 2.47. The first-order valence-corrected chi connectivity index (χ1v) is 6.78. The van der Waals surface area contributed by atoms with Gasteiger partial charge in [0.05, 0.1) is 12.5 Å². The van der Waals surface area contributed by atoms with Crippen molar-refractivity contribution in [3.63, 3.8) is 0 Å². The molecule has 1 aromatic heterocycles. The van der Waals surface area contributed by atoms with Gasteiger partial charge in [0.25, 0.3) is 0 Å². The van der Waals surface area contributed by atoms with Gasteiger partial charge in [-0.25, -0.2) is 0 Å². The van der Waals surface area contributed by atoms with Crippen LogP contribution in [-0.2, 0) is 12.8 Å². The first kappa shape index (κ1) is 13.5. The Labute approximate surface area is 108 Å². The van der Waals surface area contributed by atoms with Crippen molar-refractivity contribution in [2.45, 2.75) is 52.2 Å². The molecule has 0 bridgehead atoms. The molecule has 1 saturated heterocycles. The first-order valence-electron chi connectivity index (χ1n) is 6.78. The van der Waals surface area contributed by atoms with E-state index in [1.54, 1.807) is 6.92 Å². The number of likely N-dealkylation sites (tertiary alicyclic amines) is 1. The zero-order valence-corrected chi connectivity index (χ0v) is 11.5. The number of hydrogen-bond acceptors (Lipinski definition) is 5. The number of aliphatic hydroxyl groups is 1.